The molecule has 0 radical (unpaired) electrons. The zero-order chi connectivity index (χ0) is 15.7. The minimum absolute atomic E-state index is 0.445. The summed E-state index contributed by atoms with van der Waals surface area (Å²) < 4.78 is 0. The molecule has 5 N–H and O–H groups in total. The summed E-state index contributed by atoms with van der Waals surface area (Å²) in [5.41, 5.74) is 7.36. The number of hydrogen-bond acceptors (Lipinski definition) is 5. The molecule has 0 aliphatic heterocycles. The third kappa shape index (κ3) is 4.73. The predicted molar refractivity (Wildman–Crippen MR) is 91.9 cm³/mol. The predicted octanol–water partition coefficient (Wildman–Crippen LogP) is 1.34. The van der Waals surface area contributed by atoms with Crippen molar-refractivity contribution in [1.29, 1.82) is 0 Å². The van der Waals surface area contributed by atoms with Crippen LogP contribution in [0.3, 0.4) is 0 Å². The van der Waals surface area contributed by atoms with Crippen LogP contribution in [0.5, 0.6) is 0 Å². The largest absolute Gasteiger partial charge is 0.404 e. The zero-order valence-electron chi connectivity index (χ0n) is 12.2. The van der Waals surface area contributed by atoms with E-state index in [-0.39, 0.29) is 0 Å². The first-order valence-corrected chi connectivity index (χ1v) is 7.10. The molecule has 6 nitrogen and oxygen atoms in total. The summed E-state index contributed by atoms with van der Waals surface area (Å²) in [5, 5.41) is 8.71. The Morgan fingerprint density at radius 3 is 2.38 bits per heavy atom. The number of rotatable bonds is 5. The molecule has 0 atom stereocenters. The average molecular weight is 304 g/mol. The van der Waals surface area contributed by atoms with Crippen molar-refractivity contribution in [2.24, 2.45) is 25.8 Å². The van der Waals surface area contributed by atoms with E-state index in [1.165, 1.54) is 18.1 Å². The van der Waals surface area contributed by atoms with Crippen LogP contribution < -0.4 is 16.2 Å². The summed E-state index contributed by atoms with van der Waals surface area (Å²) in [6, 6.07) is 7.94. The minimum atomic E-state index is 0.445. The molecule has 112 valence electrons. The molecule has 0 aromatic heterocycles. The van der Waals surface area contributed by atoms with Gasteiger partial charge in [0.1, 0.15) is 5.84 Å². The first kappa shape index (κ1) is 16.9. The maximum Gasteiger partial charge on any atom is 0.158 e. The van der Waals surface area contributed by atoms with Crippen LogP contribution in [0.25, 0.3) is 0 Å². The molecule has 0 unspecified atom stereocenters. The fraction of sp³-hybridized carbons (Fsp3) is 0.214. The Morgan fingerprint density at radius 1 is 1.29 bits per heavy atom. The molecule has 0 amide bonds. The van der Waals surface area contributed by atoms with Gasteiger partial charge in [-0.25, -0.2) is 4.99 Å². The summed E-state index contributed by atoms with van der Waals surface area (Å²) in [6.45, 7) is 4.09. The van der Waals surface area contributed by atoms with Gasteiger partial charge in [-0.3, -0.25) is 15.1 Å². The van der Waals surface area contributed by atoms with Crippen molar-refractivity contribution in [3.8, 4) is 0 Å². The molecule has 0 bridgehead atoms. The fourth-order valence-corrected chi connectivity index (χ4v) is 2.00. The molecule has 1 aromatic rings. The molecule has 1 aromatic carbocycles. The smallest absolute Gasteiger partial charge is 0.158 e. The SMILES string of the molecule is C=NC(=NC)C(=CN)C(=NC)NCc1ccc(SN)cc1. The van der Waals surface area contributed by atoms with E-state index in [1.807, 2.05) is 24.3 Å². The highest BCUT2D eigenvalue weighted by Gasteiger charge is 2.11. The van der Waals surface area contributed by atoms with Gasteiger partial charge in [0.2, 0.25) is 0 Å². The molecule has 0 aliphatic carbocycles. The second-order valence-electron chi connectivity index (χ2n) is 3.97. The first-order chi connectivity index (χ1) is 10.2. The van der Waals surface area contributed by atoms with Crippen molar-refractivity contribution in [2.45, 2.75) is 11.4 Å². The Balaban J connectivity index is 2.80. The standard InChI is InChI=1S/C14H20N6S/c1-17-13(18-2)12(8-15)14(19-3)20-9-10-4-6-11(21-16)7-5-10/h4-8H,1,9,15-16H2,2-3H3,(H,19,20). The minimum Gasteiger partial charge on any atom is -0.404 e. The number of hydrogen-bond donors (Lipinski definition) is 3. The van der Waals surface area contributed by atoms with Gasteiger partial charge in [0.15, 0.2) is 5.84 Å². The highest BCUT2D eigenvalue weighted by atomic mass is 32.2. The molecule has 0 aliphatic rings. The molecule has 21 heavy (non-hydrogen) atoms. The highest BCUT2D eigenvalue weighted by molar-refractivity contribution is 7.97. The molecule has 0 saturated carbocycles. The van der Waals surface area contributed by atoms with Gasteiger partial charge >= 0.3 is 0 Å². The van der Waals surface area contributed by atoms with Gasteiger partial charge in [-0.15, -0.1) is 0 Å². The summed E-state index contributed by atoms with van der Waals surface area (Å²) in [4.78, 5) is 13.1. The average Bonchev–Trinajstić information content (AvgIpc) is 2.54. The van der Waals surface area contributed by atoms with E-state index >= 15 is 0 Å². The topological polar surface area (TPSA) is 101 Å². The number of nitrogens with one attached hydrogen (secondary N) is 1. The van der Waals surface area contributed by atoms with Gasteiger partial charge < -0.3 is 11.1 Å². The van der Waals surface area contributed by atoms with Crippen molar-refractivity contribution in [2.75, 3.05) is 14.1 Å². The van der Waals surface area contributed by atoms with Crippen molar-refractivity contribution < 1.29 is 0 Å². The second-order valence-corrected chi connectivity index (χ2v) is 4.68. The number of nitrogens with two attached hydrogens (primary N) is 2. The number of amidine groups is 2. The Hall–Kier alpha value is -2.12. The van der Waals surface area contributed by atoms with Crippen molar-refractivity contribution in [3.63, 3.8) is 0 Å². The Bertz CT molecular complexity index is 559. The molecule has 0 saturated heterocycles. The van der Waals surface area contributed by atoms with Gasteiger partial charge in [-0.2, -0.15) is 0 Å². The summed E-state index contributed by atoms with van der Waals surface area (Å²) in [6.07, 6.45) is 1.42. The van der Waals surface area contributed by atoms with E-state index in [0.29, 0.717) is 23.8 Å². The van der Waals surface area contributed by atoms with E-state index in [0.717, 1.165) is 10.5 Å². The van der Waals surface area contributed by atoms with Crippen LogP contribution in [-0.4, -0.2) is 32.5 Å². The van der Waals surface area contributed by atoms with Crippen LogP contribution in [0.4, 0.5) is 0 Å². The van der Waals surface area contributed by atoms with Crippen LogP contribution in [0.2, 0.25) is 0 Å². The molecule has 7 heteroatoms. The van der Waals surface area contributed by atoms with Crippen LogP contribution in [0, 0.1) is 0 Å². The number of nitrogens with zero attached hydrogens (tertiary/aromatic N) is 3. The number of benzene rings is 1. The van der Waals surface area contributed by atoms with Crippen LogP contribution >= 0.6 is 11.9 Å². The summed E-state index contributed by atoms with van der Waals surface area (Å²) in [5.74, 6) is 1.06. The van der Waals surface area contributed by atoms with E-state index in [2.05, 4.69) is 27.0 Å². The third-order valence-electron chi connectivity index (χ3n) is 2.77. The molecule has 1 rings (SSSR count). The number of aliphatic imine (C=N–C) groups is 3. The maximum absolute atomic E-state index is 5.64. The Kier molecular flexibility index (Phi) is 7.20. The maximum atomic E-state index is 5.64. The van der Waals surface area contributed by atoms with E-state index < -0.39 is 0 Å². The first-order valence-electron chi connectivity index (χ1n) is 6.22. The Labute approximate surface area is 129 Å². The van der Waals surface area contributed by atoms with Gasteiger partial charge in [-0.1, -0.05) is 12.1 Å². The van der Waals surface area contributed by atoms with Crippen LogP contribution in [-0.2, 0) is 6.54 Å². The molecule has 0 spiro atoms. The lowest BCUT2D eigenvalue weighted by Gasteiger charge is -2.12. The Morgan fingerprint density at radius 2 is 1.95 bits per heavy atom. The summed E-state index contributed by atoms with van der Waals surface area (Å²) in [7, 11) is 3.31. The van der Waals surface area contributed by atoms with Gasteiger partial charge in [0.25, 0.3) is 0 Å². The lowest BCUT2D eigenvalue weighted by atomic mass is 10.2. The van der Waals surface area contributed by atoms with E-state index in [1.54, 1.807) is 14.1 Å². The zero-order valence-corrected chi connectivity index (χ0v) is 13.0. The lowest BCUT2D eigenvalue weighted by Crippen LogP contribution is -2.28. The lowest BCUT2D eigenvalue weighted by molar-refractivity contribution is 0.910. The second kappa shape index (κ2) is 8.93. The quantitative estimate of drug-likeness (QED) is 0.434. The normalized spacial score (nSPS) is 13.2. The monoisotopic (exact) mass is 304 g/mol. The van der Waals surface area contributed by atoms with Crippen molar-refractivity contribution in [1.82, 2.24) is 5.32 Å². The highest BCUT2D eigenvalue weighted by Crippen LogP contribution is 2.12. The van der Waals surface area contributed by atoms with Gasteiger partial charge in [-0.05, 0) is 36.4 Å². The van der Waals surface area contributed by atoms with E-state index in [4.69, 9.17) is 10.9 Å². The third-order valence-corrected chi connectivity index (χ3v) is 3.31. The molecule has 0 heterocycles. The summed E-state index contributed by atoms with van der Waals surface area (Å²) >= 11 is 1.22. The van der Waals surface area contributed by atoms with Crippen molar-refractivity contribution >= 4 is 30.3 Å². The van der Waals surface area contributed by atoms with Gasteiger partial charge in [0.05, 0.1) is 5.57 Å². The van der Waals surface area contributed by atoms with Crippen molar-refractivity contribution in [3.05, 3.63) is 41.6 Å². The fourth-order valence-electron chi connectivity index (χ4n) is 1.70. The molecule has 0 fully saturated rings. The van der Waals surface area contributed by atoms with Crippen LogP contribution in [0.15, 0.2) is 55.9 Å². The molecular weight excluding hydrogens is 284 g/mol. The van der Waals surface area contributed by atoms with E-state index in [9.17, 15) is 0 Å². The molecular formula is C14H20N6S. The van der Waals surface area contributed by atoms with Gasteiger partial charge in [0, 0.05) is 31.7 Å². The van der Waals surface area contributed by atoms with Crippen LogP contribution in [0.1, 0.15) is 5.56 Å².